The van der Waals surface area contributed by atoms with E-state index in [1.54, 1.807) is 6.33 Å². The molecule has 32 heavy (non-hydrogen) atoms. The molecule has 0 atom stereocenters. The molecule has 0 aliphatic heterocycles. The second-order valence-electron chi connectivity index (χ2n) is 9.72. The van der Waals surface area contributed by atoms with Crippen LogP contribution in [0.4, 0.5) is 0 Å². The van der Waals surface area contributed by atoms with Crippen LogP contribution in [-0.4, -0.2) is 9.97 Å². The first-order valence-corrected chi connectivity index (χ1v) is 11.4. The number of fused-ring (bicyclic) bond motifs is 6. The third-order valence-corrected chi connectivity index (χ3v) is 7.10. The van der Waals surface area contributed by atoms with Crippen molar-refractivity contribution in [2.75, 3.05) is 0 Å². The van der Waals surface area contributed by atoms with Crippen LogP contribution in [0.25, 0.3) is 44.1 Å². The minimum Gasteiger partial charge on any atom is -0.236 e. The summed E-state index contributed by atoms with van der Waals surface area (Å²) >= 11 is 0. The van der Waals surface area contributed by atoms with Gasteiger partial charge in [-0.1, -0.05) is 88.4 Å². The summed E-state index contributed by atoms with van der Waals surface area (Å²) in [4.78, 5) is 9.72. The van der Waals surface area contributed by atoms with Crippen LogP contribution in [0.15, 0.2) is 79.1 Å². The van der Waals surface area contributed by atoms with Crippen LogP contribution in [0.3, 0.4) is 0 Å². The zero-order chi connectivity index (χ0) is 22.0. The van der Waals surface area contributed by atoms with E-state index in [0.29, 0.717) is 5.92 Å². The zero-order valence-corrected chi connectivity index (χ0v) is 19.0. The van der Waals surface area contributed by atoms with Gasteiger partial charge in [-0.2, -0.15) is 0 Å². The third-order valence-electron chi connectivity index (χ3n) is 7.10. The molecule has 1 heterocycles. The van der Waals surface area contributed by atoms with Gasteiger partial charge in [0.1, 0.15) is 6.33 Å². The number of hydrogen-bond donors (Lipinski definition) is 0. The van der Waals surface area contributed by atoms with E-state index >= 15 is 0 Å². The third kappa shape index (κ3) is 2.59. The fourth-order valence-electron chi connectivity index (χ4n) is 5.52. The van der Waals surface area contributed by atoms with Crippen molar-refractivity contribution in [2.24, 2.45) is 0 Å². The van der Waals surface area contributed by atoms with E-state index in [9.17, 15) is 0 Å². The molecule has 4 aromatic carbocycles. The van der Waals surface area contributed by atoms with Crippen LogP contribution < -0.4 is 0 Å². The van der Waals surface area contributed by atoms with Gasteiger partial charge in [0.15, 0.2) is 0 Å². The van der Waals surface area contributed by atoms with E-state index in [2.05, 4.69) is 100 Å². The average Bonchev–Trinajstić information content (AvgIpc) is 3.05. The van der Waals surface area contributed by atoms with E-state index in [0.717, 1.165) is 11.4 Å². The maximum Gasteiger partial charge on any atom is 0.116 e. The molecule has 1 aliphatic carbocycles. The molecule has 0 fully saturated rings. The molecule has 5 aromatic rings. The maximum absolute atomic E-state index is 4.88. The number of benzene rings is 4. The molecular weight excluding hydrogens is 388 g/mol. The topological polar surface area (TPSA) is 25.8 Å². The molecule has 2 nitrogen and oxygen atoms in total. The summed E-state index contributed by atoms with van der Waals surface area (Å²) in [6, 6.07) is 26.4. The van der Waals surface area contributed by atoms with Crippen molar-refractivity contribution in [1.82, 2.24) is 9.97 Å². The highest BCUT2D eigenvalue weighted by atomic mass is 14.9. The molecule has 0 saturated carbocycles. The van der Waals surface area contributed by atoms with Gasteiger partial charge in [-0.15, -0.1) is 0 Å². The summed E-state index contributed by atoms with van der Waals surface area (Å²) in [6.07, 6.45) is 1.74. The van der Waals surface area contributed by atoms with Gasteiger partial charge in [-0.05, 0) is 50.7 Å². The number of rotatable bonds is 2. The monoisotopic (exact) mass is 414 g/mol. The van der Waals surface area contributed by atoms with Crippen molar-refractivity contribution >= 4 is 21.5 Å². The smallest absolute Gasteiger partial charge is 0.116 e. The molecule has 0 N–H and O–H groups in total. The number of aromatic nitrogens is 2. The van der Waals surface area contributed by atoms with Crippen molar-refractivity contribution in [3.63, 3.8) is 0 Å². The Balaban J connectivity index is 1.68. The van der Waals surface area contributed by atoms with Gasteiger partial charge in [0, 0.05) is 22.1 Å². The molecule has 1 aliphatic rings. The molecule has 0 amide bonds. The standard InChI is InChI=1S/C30H26N2/c1-18(2)24-16-21(15-20-10-6-7-11-22(20)24)28-27-29(32-17-31-28)26-23-12-8-5-9-19(23)13-14-25(26)30(27,3)4/h5-18H,1-4H3. The lowest BCUT2D eigenvalue weighted by atomic mass is 9.80. The minimum atomic E-state index is -0.172. The normalized spacial score (nSPS) is 14.2. The van der Waals surface area contributed by atoms with Gasteiger partial charge >= 0.3 is 0 Å². The molecule has 6 rings (SSSR count). The Morgan fingerprint density at radius 1 is 0.719 bits per heavy atom. The van der Waals surface area contributed by atoms with Gasteiger partial charge < -0.3 is 0 Å². The zero-order valence-electron chi connectivity index (χ0n) is 19.0. The molecule has 0 spiro atoms. The first-order chi connectivity index (χ1) is 15.5. The highest BCUT2D eigenvalue weighted by molar-refractivity contribution is 6.03. The van der Waals surface area contributed by atoms with E-state index in [1.165, 1.54) is 49.4 Å². The molecule has 0 unspecified atom stereocenters. The number of hydrogen-bond acceptors (Lipinski definition) is 2. The molecule has 0 radical (unpaired) electrons. The lowest BCUT2D eigenvalue weighted by molar-refractivity contribution is 0.658. The first kappa shape index (κ1) is 19.2. The van der Waals surface area contributed by atoms with Gasteiger partial charge in [0.2, 0.25) is 0 Å². The van der Waals surface area contributed by atoms with Crippen molar-refractivity contribution in [2.45, 2.75) is 39.0 Å². The Morgan fingerprint density at radius 2 is 1.41 bits per heavy atom. The van der Waals surface area contributed by atoms with Gasteiger partial charge in [0.25, 0.3) is 0 Å². The fourth-order valence-corrected chi connectivity index (χ4v) is 5.52. The maximum atomic E-state index is 4.88. The highest BCUT2D eigenvalue weighted by Gasteiger charge is 2.40. The van der Waals surface area contributed by atoms with E-state index in [4.69, 9.17) is 9.97 Å². The summed E-state index contributed by atoms with van der Waals surface area (Å²) in [5, 5.41) is 5.11. The molecule has 0 saturated heterocycles. The molecular formula is C30H26N2. The van der Waals surface area contributed by atoms with Gasteiger partial charge in [-0.3, -0.25) is 0 Å². The van der Waals surface area contributed by atoms with Crippen molar-refractivity contribution in [3.05, 3.63) is 95.8 Å². The molecule has 1 aromatic heterocycles. The Hall–Kier alpha value is -3.52. The lowest BCUT2D eigenvalue weighted by Gasteiger charge is -2.24. The minimum absolute atomic E-state index is 0.172. The summed E-state index contributed by atoms with van der Waals surface area (Å²) < 4.78 is 0. The lowest BCUT2D eigenvalue weighted by Crippen LogP contribution is -2.17. The highest BCUT2D eigenvalue weighted by Crippen LogP contribution is 2.53. The quantitative estimate of drug-likeness (QED) is 0.293. The van der Waals surface area contributed by atoms with Crippen molar-refractivity contribution in [1.29, 1.82) is 0 Å². The van der Waals surface area contributed by atoms with Gasteiger partial charge in [0.05, 0.1) is 11.4 Å². The van der Waals surface area contributed by atoms with Crippen molar-refractivity contribution in [3.8, 4) is 22.5 Å². The molecule has 2 heteroatoms. The Labute approximate surface area is 189 Å². The van der Waals surface area contributed by atoms with Crippen LogP contribution >= 0.6 is 0 Å². The average molecular weight is 415 g/mol. The summed E-state index contributed by atoms with van der Waals surface area (Å²) in [5.74, 6) is 0.434. The summed E-state index contributed by atoms with van der Waals surface area (Å²) in [7, 11) is 0. The number of nitrogens with zero attached hydrogens (tertiary/aromatic N) is 2. The molecule has 156 valence electrons. The first-order valence-electron chi connectivity index (χ1n) is 11.4. The van der Waals surface area contributed by atoms with Crippen LogP contribution in [0.2, 0.25) is 0 Å². The van der Waals surface area contributed by atoms with Crippen LogP contribution in [-0.2, 0) is 5.41 Å². The van der Waals surface area contributed by atoms with Gasteiger partial charge in [-0.25, -0.2) is 9.97 Å². The fraction of sp³-hybridized carbons (Fsp3) is 0.200. The second-order valence-corrected chi connectivity index (χ2v) is 9.72. The van der Waals surface area contributed by atoms with Crippen LogP contribution in [0, 0.1) is 0 Å². The molecule has 0 bridgehead atoms. The van der Waals surface area contributed by atoms with E-state index < -0.39 is 0 Å². The Bertz CT molecular complexity index is 1530. The largest absolute Gasteiger partial charge is 0.236 e. The van der Waals surface area contributed by atoms with E-state index in [-0.39, 0.29) is 5.41 Å². The van der Waals surface area contributed by atoms with E-state index in [1.807, 2.05) is 0 Å². The van der Waals surface area contributed by atoms with Crippen molar-refractivity contribution < 1.29 is 0 Å². The second kappa shape index (κ2) is 6.74. The van der Waals surface area contributed by atoms with Crippen LogP contribution in [0.1, 0.15) is 50.3 Å². The summed E-state index contributed by atoms with van der Waals surface area (Å²) in [5.41, 5.74) is 8.32. The Morgan fingerprint density at radius 3 is 2.19 bits per heavy atom. The summed E-state index contributed by atoms with van der Waals surface area (Å²) in [6.45, 7) is 9.15. The van der Waals surface area contributed by atoms with Crippen LogP contribution in [0.5, 0.6) is 0 Å². The Kier molecular flexibility index (Phi) is 4.04. The predicted molar refractivity (Wildman–Crippen MR) is 134 cm³/mol. The predicted octanol–water partition coefficient (Wildman–Crippen LogP) is 7.88. The SMILES string of the molecule is CC(C)c1cc(-c2ncnc3c2C(C)(C)c2ccc4ccccc4c2-3)cc2ccccc12.